The van der Waals surface area contributed by atoms with Crippen LogP contribution in [0.25, 0.3) is 17.0 Å². The Bertz CT molecular complexity index is 548. The van der Waals surface area contributed by atoms with Crippen LogP contribution in [0.4, 0.5) is 0 Å². The van der Waals surface area contributed by atoms with E-state index in [0.717, 1.165) is 11.2 Å². The number of nitrogens with zero attached hydrogens (tertiary/aromatic N) is 1. The second kappa shape index (κ2) is 8.76. The minimum Gasteiger partial charge on any atom is -0.248 e. The number of hydrogen-bond acceptors (Lipinski definition) is 1. The third kappa shape index (κ3) is 4.64. The molecule has 0 radical (unpaired) electrons. The highest BCUT2D eigenvalue weighted by atomic mass is 35.5. The number of hydrogen-bond donors (Lipinski definition) is 0. The van der Waals surface area contributed by atoms with Crippen LogP contribution in [0.3, 0.4) is 0 Å². The normalized spacial score (nSPS) is 12.5. The highest BCUT2D eigenvalue weighted by Crippen LogP contribution is 2.17. The predicted molar refractivity (Wildman–Crippen MR) is 91.3 cm³/mol. The zero-order valence-corrected chi connectivity index (χ0v) is 13.2. The SMILES string of the molecule is CCCCC(/C=C/c1ccc2ccccc2n1)CC.Cl. The van der Waals surface area contributed by atoms with Gasteiger partial charge in [0, 0.05) is 5.39 Å². The van der Waals surface area contributed by atoms with Crippen molar-refractivity contribution in [2.45, 2.75) is 39.5 Å². The molecule has 0 aliphatic heterocycles. The zero-order valence-electron chi connectivity index (χ0n) is 12.4. The number of aromatic nitrogens is 1. The van der Waals surface area contributed by atoms with Gasteiger partial charge >= 0.3 is 0 Å². The molecule has 0 saturated heterocycles. The third-order valence-electron chi connectivity index (χ3n) is 3.61. The average Bonchev–Trinajstić information content (AvgIpc) is 2.47. The van der Waals surface area contributed by atoms with Crippen molar-refractivity contribution >= 4 is 29.4 Å². The van der Waals surface area contributed by atoms with Gasteiger partial charge in [-0.25, -0.2) is 4.98 Å². The molecule has 20 heavy (non-hydrogen) atoms. The third-order valence-corrected chi connectivity index (χ3v) is 3.61. The molecule has 0 fully saturated rings. The smallest absolute Gasteiger partial charge is 0.0709 e. The molecule has 0 spiro atoms. The molecule has 0 bridgehead atoms. The van der Waals surface area contributed by atoms with E-state index in [1.54, 1.807) is 0 Å². The van der Waals surface area contributed by atoms with Crippen molar-refractivity contribution in [3.8, 4) is 0 Å². The van der Waals surface area contributed by atoms with Crippen LogP contribution in [0, 0.1) is 5.92 Å². The monoisotopic (exact) mass is 289 g/mol. The fourth-order valence-electron chi connectivity index (χ4n) is 2.31. The molecular formula is C18H24ClN. The van der Waals surface area contributed by atoms with E-state index >= 15 is 0 Å². The minimum absolute atomic E-state index is 0. The van der Waals surface area contributed by atoms with E-state index in [2.05, 4.69) is 61.3 Å². The highest BCUT2D eigenvalue weighted by Gasteiger charge is 2.01. The molecule has 1 unspecified atom stereocenters. The van der Waals surface area contributed by atoms with Gasteiger partial charge in [-0.1, -0.05) is 57.0 Å². The standard InChI is InChI=1S/C18H23N.ClH/c1-3-5-8-15(4-2)11-13-17-14-12-16-9-6-7-10-18(16)19-17;/h6-7,9-15H,3-5,8H2,1-2H3;1H/b13-11+;. The molecule has 0 saturated carbocycles. The van der Waals surface area contributed by atoms with Crippen molar-refractivity contribution in [1.82, 2.24) is 4.98 Å². The van der Waals surface area contributed by atoms with Gasteiger partial charge in [-0.15, -0.1) is 12.4 Å². The van der Waals surface area contributed by atoms with Gasteiger partial charge in [-0.05, 0) is 37.0 Å². The lowest BCUT2D eigenvalue weighted by molar-refractivity contribution is 0.542. The molecule has 0 amide bonds. The van der Waals surface area contributed by atoms with Crippen LogP contribution in [0.5, 0.6) is 0 Å². The summed E-state index contributed by atoms with van der Waals surface area (Å²) in [6.45, 7) is 4.51. The number of benzene rings is 1. The fourth-order valence-corrected chi connectivity index (χ4v) is 2.31. The van der Waals surface area contributed by atoms with Gasteiger partial charge in [-0.2, -0.15) is 0 Å². The first-order valence-electron chi connectivity index (χ1n) is 7.37. The predicted octanol–water partition coefficient (Wildman–Crippen LogP) is 5.89. The number of para-hydroxylation sites is 1. The summed E-state index contributed by atoms with van der Waals surface area (Å²) < 4.78 is 0. The van der Waals surface area contributed by atoms with Crippen molar-refractivity contribution in [3.63, 3.8) is 0 Å². The quantitative estimate of drug-likeness (QED) is 0.646. The topological polar surface area (TPSA) is 12.9 Å². The Morgan fingerprint density at radius 3 is 2.65 bits per heavy atom. The number of pyridine rings is 1. The maximum Gasteiger partial charge on any atom is 0.0709 e. The Kier molecular flexibility index (Phi) is 7.32. The lowest BCUT2D eigenvalue weighted by atomic mass is 9.98. The molecule has 1 nitrogen and oxygen atoms in total. The largest absolute Gasteiger partial charge is 0.248 e. The summed E-state index contributed by atoms with van der Waals surface area (Å²) in [6.07, 6.45) is 9.59. The fraction of sp³-hybridized carbons (Fsp3) is 0.389. The molecule has 0 aliphatic rings. The molecule has 108 valence electrons. The lowest BCUT2D eigenvalue weighted by Gasteiger charge is -2.08. The average molecular weight is 290 g/mol. The van der Waals surface area contributed by atoms with Gasteiger partial charge in [-0.3, -0.25) is 0 Å². The molecule has 1 atom stereocenters. The van der Waals surface area contributed by atoms with E-state index in [-0.39, 0.29) is 12.4 Å². The van der Waals surface area contributed by atoms with Crippen LogP contribution in [0.2, 0.25) is 0 Å². The molecule has 2 aromatic rings. The summed E-state index contributed by atoms with van der Waals surface area (Å²) in [5.74, 6) is 0.688. The Balaban J connectivity index is 0.00000200. The maximum absolute atomic E-state index is 4.67. The first-order chi connectivity index (χ1) is 9.33. The molecule has 2 heteroatoms. The number of halogens is 1. The maximum atomic E-state index is 4.67. The molecule has 1 aromatic heterocycles. The Labute approximate surface area is 128 Å². The molecule has 1 aromatic carbocycles. The van der Waals surface area contributed by atoms with Gasteiger partial charge in [0.25, 0.3) is 0 Å². The zero-order chi connectivity index (χ0) is 13.5. The highest BCUT2D eigenvalue weighted by molar-refractivity contribution is 5.85. The molecule has 1 heterocycles. The minimum atomic E-state index is 0. The van der Waals surface area contributed by atoms with Crippen LogP contribution in [0.1, 0.15) is 45.2 Å². The Morgan fingerprint density at radius 1 is 1.10 bits per heavy atom. The van der Waals surface area contributed by atoms with Crippen molar-refractivity contribution in [2.24, 2.45) is 5.92 Å². The number of fused-ring (bicyclic) bond motifs is 1. The van der Waals surface area contributed by atoms with Gasteiger partial charge in [0.15, 0.2) is 0 Å². The lowest BCUT2D eigenvalue weighted by Crippen LogP contribution is -1.94. The summed E-state index contributed by atoms with van der Waals surface area (Å²) in [7, 11) is 0. The number of rotatable bonds is 6. The van der Waals surface area contributed by atoms with Gasteiger partial charge < -0.3 is 0 Å². The first-order valence-corrected chi connectivity index (χ1v) is 7.37. The Hall–Kier alpha value is -1.34. The van der Waals surface area contributed by atoms with E-state index in [1.807, 2.05) is 6.07 Å². The number of unbranched alkanes of at least 4 members (excludes halogenated alkanes) is 1. The molecule has 0 aliphatic carbocycles. The van der Waals surface area contributed by atoms with Crippen LogP contribution in [0.15, 0.2) is 42.5 Å². The summed E-state index contributed by atoms with van der Waals surface area (Å²) >= 11 is 0. The number of allylic oxidation sites excluding steroid dienone is 1. The second-order valence-electron chi connectivity index (χ2n) is 5.10. The van der Waals surface area contributed by atoms with E-state index in [9.17, 15) is 0 Å². The van der Waals surface area contributed by atoms with Crippen LogP contribution >= 0.6 is 12.4 Å². The van der Waals surface area contributed by atoms with Gasteiger partial charge in [0.1, 0.15) is 0 Å². The van der Waals surface area contributed by atoms with Crippen molar-refractivity contribution < 1.29 is 0 Å². The first kappa shape index (κ1) is 16.7. The van der Waals surface area contributed by atoms with E-state index in [0.29, 0.717) is 5.92 Å². The van der Waals surface area contributed by atoms with Crippen LogP contribution in [-0.4, -0.2) is 4.98 Å². The van der Waals surface area contributed by atoms with E-state index in [4.69, 9.17) is 0 Å². The van der Waals surface area contributed by atoms with E-state index < -0.39 is 0 Å². The van der Waals surface area contributed by atoms with E-state index in [1.165, 1.54) is 31.1 Å². The Morgan fingerprint density at radius 2 is 1.90 bits per heavy atom. The van der Waals surface area contributed by atoms with Crippen LogP contribution in [-0.2, 0) is 0 Å². The van der Waals surface area contributed by atoms with Crippen LogP contribution < -0.4 is 0 Å². The summed E-state index contributed by atoms with van der Waals surface area (Å²) in [5.41, 5.74) is 2.14. The van der Waals surface area contributed by atoms with Gasteiger partial charge in [0.05, 0.1) is 11.2 Å². The van der Waals surface area contributed by atoms with Crippen molar-refractivity contribution in [2.75, 3.05) is 0 Å². The molecular weight excluding hydrogens is 266 g/mol. The molecule has 0 N–H and O–H groups in total. The second-order valence-corrected chi connectivity index (χ2v) is 5.10. The summed E-state index contributed by atoms with van der Waals surface area (Å²) in [6, 6.07) is 12.5. The van der Waals surface area contributed by atoms with Crippen molar-refractivity contribution in [1.29, 1.82) is 0 Å². The van der Waals surface area contributed by atoms with Crippen molar-refractivity contribution in [3.05, 3.63) is 48.2 Å². The molecule has 2 rings (SSSR count). The summed E-state index contributed by atoms with van der Waals surface area (Å²) in [4.78, 5) is 4.67. The summed E-state index contributed by atoms with van der Waals surface area (Å²) in [5, 5.41) is 1.21. The van der Waals surface area contributed by atoms with Gasteiger partial charge in [0.2, 0.25) is 0 Å².